The van der Waals surface area contributed by atoms with E-state index in [-0.39, 0.29) is 12.5 Å². The first-order valence-corrected chi connectivity index (χ1v) is 6.97. The Morgan fingerprint density at radius 1 is 1.27 bits per heavy atom. The number of hydrogen-bond acceptors (Lipinski definition) is 5. The number of aryl methyl sites for hydroxylation is 1. The van der Waals surface area contributed by atoms with E-state index in [1.807, 2.05) is 19.9 Å². The standard InChI is InChI=1S/C16H18N2O4/c1-10(2)15-14(11(3)18-22-15)16(20)21-9-13(19)17-12-7-5-4-6-8-12/h4-8,10H,9H2,1-3H3,(H,17,19). The van der Waals surface area contributed by atoms with E-state index in [1.165, 1.54) is 0 Å². The van der Waals surface area contributed by atoms with E-state index in [1.54, 1.807) is 31.2 Å². The van der Waals surface area contributed by atoms with E-state index >= 15 is 0 Å². The molecule has 116 valence electrons. The van der Waals surface area contributed by atoms with Crippen molar-refractivity contribution < 1.29 is 18.8 Å². The molecule has 1 N–H and O–H groups in total. The summed E-state index contributed by atoms with van der Waals surface area (Å²) in [5.41, 5.74) is 1.40. The lowest BCUT2D eigenvalue weighted by molar-refractivity contribution is -0.119. The van der Waals surface area contributed by atoms with Crippen molar-refractivity contribution in [3.05, 3.63) is 47.3 Å². The summed E-state index contributed by atoms with van der Waals surface area (Å²) < 4.78 is 10.2. The van der Waals surface area contributed by atoms with Gasteiger partial charge >= 0.3 is 5.97 Å². The Labute approximate surface area is 128 Å². The first kappa shape index (κ1) is 15.8. The van der Waals surface area contributed by atoms with Gasteiger partial charge in [0.25, 0.3) is 5.91 Å². The second-order valence-electron chi connectivity index (χ2n) is 5.15. The number of hydrogen-bond donors (Lipinski definition) is 1. The lowest BCUT2D eigenvalue weighted by atomic mass is 10.1. The van der Waals surface area contributed by atoms with Gasteiger partial charge in [0.1, 0.15) is 5.56 Å². The fraction of sp³-hybridized carbons (Fsp3) is 0.312. The Balaban J connectivity index is 1.96. The van der Waals surface area contributed by atoms with E-state index in [0.29, 0.717) is 22.7 Å². The van der Waals surface area contributed by atoms with Crippen LogP contribution in [0.2, 0.25) is 0 Å². The van der Waals surface area contributed by atoms with Crippen molar-refractivity contribution in [3.63, 3.8) is 0 Å². The number of anilines is 1. The first-order valence-electron chi connectivity index (χ1n) is 6.97. The molecule has 22 heavy (non-hydrogen) atoms. The second-order valence-corrected chi connectivity index (χ2v) is 5.15. The van der Waals surface area contributed by atoms with Gasteiger partial charge in [0.2, 0.25) is 0 Å². The summed E-state index contributed by atoms with van der Waals surface area (Å²) in [5.74, 6) is -0.543. The van der Waals surface area contributed by atoms with Crippen LogP contribution in [0.1, 0.15) is 41.6 Å². The summed E-state index contributed by atoms with van der Waals surface area (Å²) in [6, 6.07) is 8.95. The summed E-state index contributed by atoms with van der Waals surface area (Å²) in [5, 5.41) is 6.42. The maximum absolute atomic E-state index is 12.1. The molecule has 0 fully saturated rings. The Morgan fingerprint density at radius 2 is 1.95 bits per heavy atom. The van der Waals surface area contributed by atoms with E-state index in [0.717, 1.165) is 0 Å². The molecular weight excluding hydrogens is 284 g/mol. The lowest BCUT2D eigenvalue weighted by Gasteiger charge is -2.07. The maximum atomic E-state index is 12.1. The van der Waals surface area contributed by atoms with Crippen molar-refractivity contribution in [1.29, 1.82) is 0 Å². The molecule has 1 amide bonds. The third kappa shape index (κ3) is 3.72. The highest BCUT2D eigenvalue weighted by Crippen LogP contribution is 2.22. The number of carbonyl (C=O) groups excluding carboxylic acids is 2. The minimum atomic E-state index is -0.606. The topological polar surface area (TPSA) is 81.4 Å². The quantitative estimate of drug-likeness (QED) is 0.859. The van der Waals surface area contributed by atoms with Crippen LogP contribution in [0, 0.1) is 6.92 Å². The maximum Gasteiger partial charge on any atom is 0.344 e. The number of nitrogens with zero attached hydrogens (tertiary/aromatic N) is 1. The number of amides is 1. The van der Waals surface area contributed by atoms with E-state index in [9.17, 15) is 9.59 Å². The van der Waals surface area contributed by atoms with Crippen molar-refractivity contribution in [2.75, 3.05) is 11.9 Å². The number of nitrogens with one attached hydrogen (secondary N) is 1. The molecule has 0 atom stereocenters. The Kier molecular flexibility index (Phi) is 4.93. The molecule has 0 saturated heterocycles. The van der Waals surface area contributed by atoms with Gasteiger partial charge in [0, 0.05) is 11.6 Å². The number of para-hydroxylation sites is 1. The molecule has 6 heteroatoms. The number of aromatic nitrogens is 1. The average molecular weight is 302 g/mol. The van der Waals surface area contributed by atoms with Gasteiger partial charge in [-0.1, -0.05) is 37.2 Å². The van der Waals surface area contributed by atoms with Crippen molar-refractivity contribution in [2.45, 2.75) is 26.7 Å². The summed E-state index contributed by atoms with van der Waals surface area (Å²) in [6.45, 7) is 5.07. The van der Waals surface area contributed by atoms with E-state index < -0.39 is 11.9 Å². The van der Waals surface area contributed by atoms with Crippen molar-refractivity contribution in [1.82, 2.24) is 5.16 Å². The number of benzene rings is 1. The van der Waals surface area contributed by atoms with Gasteiger partial charge < -0.3 is 14.6 Å². The summed E-state index contributed by atoms with van der Waals surface area (Å²) in [7, 11) is 0. The largest absolute Gasteiger partial charge is 0.452 e. The Morgan fingerprint density at radius 3 is 2.59 bits per heavy atom. The van der Waals surface area contributed by atoms with Crippen LogP contribution in [0.4, 0.5) is 5.69 Å². The molecule has 6 nitrogen and oxygen atoms in total. The van der Waals surface area contributed by atoms with E-state index in [2.05, 4.69) is 10.5 Å². The van der Waals surface area contributed by atoms with Gasteiger partial charge in [-0.15, -0.1) is 0 Å². The summed E-state index contributed by atoms with van der Waals surface area (Å²) in [6.07, 6.45) is 0. The van der Waals surface area contributed by atoms with Gasteiger partial charge in [-0.3, -0.25) is 4.79 Å². The molecule has 0 aliphatic rings. The van der Waals surface area contributed by atoms with Crippen molar-refractivity contribution in [2.24, 2.45) is 0 Å². The van der Waals surface area contributed by atoms with Crippen LogP contribution in [0.3, 0.4) is 0 Å². The van der Waals surface area contributed by atoms with E-state index in [4.69, 9.17) is 9.26 Å². The molecule has 1 heterocycles. The third-order valence-corrected chi connectivity index (χ3v) is 3.01. The molecule has 2 rings (SSSR count). The molecule has 2 aromatic rings. The monoisotopic (exact) mass is 302 g/mol. The van der Waals surface area contributed by atoms with Gasteiger partial charge in [-0.05, 0) is 19.1 Å². The predicted molar refractivity (Wildman–Crippen MR) is 80.7 cm³/mol. The summed E-state index contributed by atoms with van der Waals surface area (Å²) in [4.78, 5) is 23.9. The van der Waals surface area contributed by atoms with Crippen LogP contribution >= 0.6 is 0 Å². The van der Waals surface area contributed by atoms with Crippen LogP contribution in [0.25, 0.3) is 0 Å². The molecular formula is C16H18N2O4. The molecule has 1 aromatic heterocycles. The van der Waals surface area contributed by atoms with Crippen LogP contribution < -0.4 is 5.32 Å². The molecule has 0 aliphatic carbocycles. The molecule has 0 bridgehead atoms. The molecule has 0 unspecified atom stereocenters. The number of esters is 1. The second kappa shape index (κ2) is 6.89. The Bertz CT molecular complexity index is 662. The van der Waals surface area contributed by atoms with Crippen LogP contribution in [0.5, 0.6) is 0 Å². The fourth-order valence-electron chi connectivity index (χ4n) is 1.95. The van der Waals surface area contributed by atoms with Crippen LogP contribution in [-0.4, -0.2) is 23.6 Å². The van der Waals surface area contributed by atoms with Gasteiger partial charge in [-0.25, -0.2) is 4.79 Å². The summed E-state index contributed by atoms with van der Waals surface area (Å²) >= 11 is 0. The van der Waals surface area contributed by atoms with Gasteiger partial charge in [0.15, 0.2) is 12.4 Å². The van der Waals surface area contributed by atoms with Gasteiger partial charge in [0.05, 0.1) is 5.69 Å². The molecule has 0 radical (unpaired) electrons. The van der Waals surface area contributed by atoms with Crippen LogP contribution in [0.15, 0.2) is 34.9 Å². The molecule has 1 aromatic carbocycles. The van der Waals surface area contributed by atoms with Crippen molar-refractivity contribution >= 4 is 17.6 Å². The first-order chi connectivity index (χ1) is 10.5. The third-order valence-electron chi connectivity index (χ3n) is 3.01. The lowest BCUT2D eigenvalue weighted by Crippen LogP contribution is -2.21. The molecule has 0 spiro atoms. The predicted octanol–water partition coefficient (Wildman–Crippen LogP) is 2.90. The highest BCUT2D eigenvalue weighted by atomic mass is 16.5. The number of carbonyl (C=O) groups is 2. The molecule has 0 aliphatic heterocycles. The zero-order valence-electron chi connectivity index (χ0n) is 12.8. The zero-order valence-corrected chi connectivity index (χ0v) is 12.8. The van der Waals surface area contributed by atoms with Crippen LogP contribution in [-0.2, 0) is 9.53 Å². The average Bonchev–Trinajstić information content (AvgIpc) is 2.88. The normalized spacial score (nSPS) is 10.5. The fourth-order valence-corrected chi connectivity index (χ4v) is 1.95. The van der Waals surface area contributed by atoms with Crippen molar-refractivity contribution in [3.8, 4) is 0 Å². The highest BCUT2D eigenvalue weighted by molar-refractivity contribution is 5.96. The highest BCUT2D eigenvalue weighted by Gasteiger charge is 2.24. The molecule has 0 saturated carbocycles. The number of rotatable bonds is 5. The Hall–Kier alpha value is -2.63. The zero-order chi connectivity index (χ0) is 16.1. The minimum Gasteiger partial charge on any atom is -0.452 e. The number of ether oxygens (including phenoxy) is 1. The minimum absolute atomic E-state index is 0.00175. The SMILES string of the molecule is Cc1noc(C(C)C)c1C(=O)OCC(=O)Nc1ccccc1. The smallest absolute Gasteiger partial charge is 0.344 e. The van der Waals surface area contributed by atoms with Gasteiger partial charge in [-0.2, -0.15) is 0 Å².